The Bertz CT molecular complexity index is 313. The van der Waals surface area contributed by atoms with E-state index in [9.17, 15) is 0 Å². The summed E-state index contributed by atoms with van der Waals surface area (Å²) in [4.78, 5) is 1.45. The van der Waals surface area contributed by atoms with Crippen molar-refractivity contribution < 1.29 is 9.47 Å². The summed E-state index contributed by atoms with van der Waals surface area (Å²) in [5, 5.41) is 15.3. The standard InChI is InChI=1S/C10H21N5O2/c1-5-6-11-8(10(16-3)17-4)7-9-12-14-15(2)13-9/h8,10-11H,5-7H2,1-4H3. The minimum atomic E-state index is -0.314. The van der Waals surface area contributed by atoms with Crippen LogP contribution in [-0.2, 0) is 22.9 Å². The zero-order chi connectivity index (χ0) is 12.7. The van der Waals surface area contributed by atoms with Crippen molar-refractivity contribution in [2.24, 2.45) is 7.05 Å². The van der Waals surface area contributed by atoms with Gasteiger partial charge in [0.1, 0.15) is 0 Å². The Labute approximate surface area is 101 Å². The molecule has 1 atom stereocenters. The maximum Gasteiger partial charge on any atom is 0.176 e. The first-order valence-corrected chi connectivity index (χ1v) is 5.73. The maximum absolute atomic E-state index is 5.27. The molecule has 0 bridgehead atoms. The molecule has 0 aliphatic heterocycles. The Morgan fingerprint density at radius 1 is 1.35 bits per heavy atom. The second-order valence-electron chi connectivity index (χ2n) is 3.80. The fraction of sp³-hybridized carbons (Fsp3) is 0.900. The minimum absolute atomic E-state index is 0.0224. The Morgan fingerprint density at radius 3 is 2.53 bits per heavy atom. The smallest absolute Gasteiger partial charge is 0.176 e. The van der Waals surface area contributed by atoms with Crippen LogP contribution in [0.4, 0.5) is 0 Å². The van der Waals surface area contributed by atoms with Crippen molar-refractivity contribution in [2.75, 3.05) is 20.8 Å². The van der Waals surface area contributed by atoms with Crippen LogP contribution in [-0.4, -0.2) is 53.3 Å². The van der Waals surface area contributed by atoms with Gasteiger partial charge in [0.25, 0.3) is 0 Å². The highest BCUT2D eigenvalue weighted by atomic mass is 16.7. The monoisotopic (exact) mass is 243 g/mol. The molecule has 0 fully saturated rings. The molecular formula is C10H21N5O2. The number of nitrogens with one attached hydrogen (secondary N) is 1. The second kappa shape index (κ2) is 7.31. The van der Waals surface area contributed by atoms with Crippen LogP contribution in [0.3, 0.4) is 0 Å². The molecule has 1 rings (SSSR count). The van der Waals surface area contributed by atoms with E-state index in [0.717, 1.165) is 13.0 Å². The molecule has 0 amide bonds. The number of methoxy groups -OCH3 is 2. The first kappa shape index (κ1) is 14.0. The highest BCUT2D eigenvalue weighted by Gasteiger charge is 2.22. The fourth-order valence-corrected chi connectivity index (χ4v) is 1.62. The van der Waals surface area contributed by atoms with Gasteiger partial charge in [0.05, 0.1) is 13.1 Å². The lowest BCUT2D eigenvalue weighted by Crippen LogP contribution is -2.44. The molecule has 0 spiro atoms. The molecule has 0 saturated carbocycles. The van der Waals surface area contributed by atoms with E-state index < -0.39 is 0 Å². The number of tetrazole rings is 1. The van der Waals surface area contributed by atoms with Gasteiger partial charge < -0.3 is 14.8 Å². The van der Waals surface area contributed by atoms with E-state index in [1.807, 2.05) is 0 Å². The third kappa shape index (κ3) is 4.37. The average Bonchev–Trinajstić information content (AvgIpc) is 2.73. The fourth-order valence-electron chi connectivity index (χ4n) is 1.62. The van der Waals surface area contributed by atoms with E-state index >= 15 is 0 Å². The molecule has 1 aromatic rings. The zero-order valence-corrected chi connectivity index (χ0v) is 10.9. The minimum Gasteiger partial charge on any atom is -0.354 e. The molecule has 1 unspecified atom stereocenters. The summed E-state index contributed by atoms with van der Waals surface area (Å²) in [5.41, 5.74) is 0. The van der Waals surface area contributed by atoms with Gasteiger partial charge in [0.2, 0.25) is 0 Å². The lowest BCUT2D eigenvalue weighted by molar-refractivity contribution is -0.122. The molecule has 1 N–H and O–H groups in total. The molecule has 0 aromatic carbocycles. The van der Waals surface area contributed by atoms with E-state index in [-0.39, 0.29) is 12.3 Å². The summed E-state index contributed by atoms with van der Waals surface area (Å²) >= 11 is 0. The van der Waals surface area contributed by atoms with Crippen LogP contribution in [0.2, 0.25) is 0 Å². The number of rotatable bonds is 8. The first-order valence-electron chi connectivity index (χ1n) is 5.73. The number of hydrogen-bond donors (Lipinski definition) is 1. The number of ether oxygens (including phenoxy) is 2. The van der Waals surface area contributed by atoms with Crippen LogP contribution >= 0.6 is 0 Å². The molecule has 98 valence electrons. The summed E-state index contributed by atoms with van der Waals surface area (Å²) in [5.74, 6) is 0.681. The van der Waals surface area contributed by atoms with E-state index in [0.29, 0.717) is 12.2 Å². The highest BCUT2D eigenvalue weighted by molar-refractivity contribution is 4.86. The Hall–Kier alpha value is -1.05. The average molecular weight is 243 g/mol. The Morgan fingerprint density at radius 2 is 2.06 bits per heavy atom. The van der Waals surface area contributed by atoms with Crippen LogP contribution < -0.4 is 5.32 Å². The van der Waals surface area contributed by atoms with Crippen LogP contribution in [0.15, 0.2) is 0 Å². The molecular weight excluding hydrogens is 222 g/mol. The van der Waals surface area contributed by atoms with Gasteiger partial charge in [-0.05, 0) is 18.2 Å². The van der Waals surface area contributed by atoms with Gasteiger partial charge in [-0.25, -0.2) is 0 Å². The van der Waals surface area contributed by atoms with Crippen molar-refractivity contribution in [2.45, 2.75) is 32.1 Å². The van der Waals surface area contributed by atoms with Crippen molar-refractivity contribution in [3.05, 3.63) is 5.82 Å². The first-order chi connectivity index (χ1) is 8.21. The van der Waals surface area contributed by atoms with Crippen molar-refractivity contribution in [3.63, 3.8) is 0 Å². The number of aryl methyl sites for hydroxylation is 1. The topological polar surface area (TPSA) is 74.1 Å². The summed E-state index contributed by atoms with van der Waals surface area (Å²) in [6.45, 7) is 3.01. The molecule has 0 aliphatic rings. The van der Waals surface area contributed by atoms with Gasteiger partial charge in [0, 0.05) is 20.6 Å². The highest BCUT2D eigenvalue weighted by Crippen LogP contribution is 2.05. The van der Waals surface area contributed by atoms with Crippen molar-refractivity contribution in [1.82, 2.24) is 25.5 Å². The molecule has 1 aromatic heterocycles. The normalized spacial score (nSPS) is 13.2. The van der Waals surface area contributed by atoms with Crippen molar-refractivity contribution in [1.29, 1.82) is 0 Å². The molecule has 0 radical (unpaired) electrons. The number of hydrogen-bond acceptors (Lipinski definition) is 6. The summed E-state index contributed by atoms with van der Waals surface area (Å²) in [7, 11) is 4.99. The summed E-state index contributed by atoms with van der Waals surface area (Å²) < 4.78 is 10.5. The van der Waals surface area contributed by atoms with E-state index in [4.69, 9.17) is 9.47 Å². The van der Waals surface area contributed by atoms with Gasteiger partial charge in [-0.1, -0.05) is 6.92 Å². The molecule has 7 heteroatoms. The SMILES string of the molecule is CCCNC(Cc1nnn(C)n1)C(OC)OC. The Kier molecular flexibility index (Phi) is 6.03. The van der Waals surface area contributed by atoms with E-state index in [1.54, 1.807) is 21.3 Å². The molecule has 7 nitrogen and oxygen atoms in total. The number of aromatic nitrogens is 4. The maximum atomic E-state index is 5.27. The molecule has 1 heterocycles. The van der Waals surface area contributed by atoms with Gasteiger partial charge in [-0.2, -0.15) is 4.80 Å². The summed E-state index contributed by atoms with van der Waals surface area (Å²) in [6.07, 6.45) is 1.36. The predicted octanol–water partition coefficient (Wildman–Crippen LogP) is -0.260. The van der Waals surface area contributed by atoms with Crippen LogP contribution in [0.25, 0.3) is 0 Å². The molecule has 0 saturated heterocycles. The third-order valence-electron chi connectivity index (χ3n) is 2.40. The Balaban J connectivity index is 2.61. The largest absolute Gasteiger partial charge is 0.354 e. The summed E-state index contributed by atoms with van der Waals surface area (Å²) in [6, 6.07) is 0.0224. The lowest BCUT2D eigenvalue weighted by atomic mass is 10.2. The van der Waals surface area contributed by atoms with E-state index in [1.165, 1.54) is 4.80 Å². The third-order valence-corrected chi connectivity index (χ3v) is 2.40. The van der Waals surface area contributed by atoms with Crippen LogP contribution in [0.5, 0.6) is 0 Å². The van der Waals surface area contributed by atoms with Crippen LogP contribution in [0, 0.1) is 0 Å². The quantitative estimate of drug-likeness (QED) is 0.634. The zero-order valence-electron chi connectivity index (χ0n) is 10.9. The van der Waals surface area contributed by atoms with Crippen LogP contribution in [0.1, 0.15) is 19.2 Å². The molecule has 0 aliphatic carbocycles. The second-order valence-corrected chi connectivity index (χ2v) is 3.80. The predicted molar refractivity (Wildman–Crippen MR) is 62.4 cm³/mol. The molecule has 17 heavy (non-hydrogen) atoms. The van der Waals surface area contributed by atoms with Gasteiger partial charge in [0.15, 0.2) is 12.1 Å². The lowest BCUT2D eigenvalue weighted by Gasteiger charge is -2.24. The van der Waals surface area contributed by atoms with Gasteiger partial charge in [-0.15, -0.1) is 10.2 Å². The number of nitrogens with zero attached hydrogens (tertiary/aromatic N) is 4. The van der Waals surface area contributed by atoms with Gasteiger partial charge >= 0.3 is 0 Å². The van der Waals surface area contributed by atoms with Crippen molar-refractivity contribution >= 4 is 0 Å². The van der Waals surface area contributed by atoms with Gasteiger partial charge in [-0.3, -0.25) is 0 Å². The van der Waals surface area contributed by atoms with Crippen molar-refractivity contribution in [3.8, 4) is 0 Å². The van der Waals surface area contributed by atoms with E-state index in [2.05, 4.69) is 27.7 Å².